The number of methoxy groups -OCH3 is 2. The molecule has 3 aromatic rings. The Labute approximate surface area is 175 Å². The summed E-state index contributed by atoms with van der Waals surface area (Å²) in [6.07, 6.45) is 2.40. The fourth-order valence-electron chi connectivity index (χ4n) is 3.54. The molecule has 1 aliphatic heterocycles. The summed E-state index contributed by atoms with van der Waals surface area (Å²) in [6, 6.07) is 14.2. The minimum Gasteiger partial charge on any atom is -0.497 e. The van der Waals surface area contributed by atoms with Gasteiger partial charge in [0.1, 0.15) is 11.5 Å². The normalized spacial score (nSPS) is 16.9. The topological polar surface area (TPSA) is 45.0 Å². The number of thiazole rings is 1. The number of aromatic nitrogens is 1. The first-order chi connectivity index (χ1) is 14.2. The molecule has 29 heavy (non-hydrogen) atoms. The van der Waals surface area contributed by atoms with Crippen molar-refractivity contribution in [2.45, 2.75) is 32.4 Å². The maximum atomic E-state index is 5.92. The van der Waals surface area contributed by atoms with Gasteiger partial charge >= 0.3 is 0 Å². The largest absolute Gasteiger partial charge is 0.497 e. The number of hydrogen-bond donors (Lipinski definition) is 0. The third-order valence-corrected chi connectivity index (χ3v) is 6.01. The molecule has 4 rings (SSSR count). The monoisotopic (exact) mass is 410 g/mol. The van der Waals surface area contributed by atoms with E-state index in [4.69, 9.17) is 19.2 Å². The Morgan fingerprint density at radius 1 is 1.14 bits per heavy atom. The highest BCUT2D eigenvalue weighted by molar-refractivity contribution is 7.07. The van der Waals surface area contributed by atoms with E-state index >= 15 is 0 Å². The van der Waals surface area contributed by atoms with Crippen molar-refractivity contribution in [1.29, 1.82) is 0 Å². The highest BCUT2D eigenvalue weighted by Gasteiger charge is 2.20. The number of benzene rings is 2. The van der Waals surface area contributed by atoms with Crippen molar-refractivity contribution in [2.75, 3.05) is 20.8 Å². The van der Waals surface area contributed by atoms with Crippen LogP contribution in [-0.2, 0) is 11.3 Å². The number of rotatable bonds is 6. The van der Waals surface area contributed by atoms with Crippen molar-refractivity contribution in [3.05, 3.63) is 58.2 Å². The summed E-state index contributed by atoms with van der Waals surface area (Å²) in [7, 11) is 3.35. The molecule has 0 radical (unpaired) electrons. The maximum Gasteiger partial charge on any atom is 0.190 e. The number of aryl methyl sites for hydroxylation is 1. The van der Waals surface area contributed by atoms with E-state index in [1.807, 2.05) is 18.2 Å². The van der Waals surface area contributed by atoms with Gasteiger partial charge in [0.2, 0.25) is 0 Å². The molecule has 1 aromatic heterocycles. The van der Waals surface area contributed by atoms with Crippen LogP contribution in [0.15, 0.2) is 52.8 Å². The number of ether oxygens (including phenoxy) is 3. The van der Waals surface area contributed by atoms with Crippen LogP contribution in [0.3, 0.4) is 0 Å². The van der Waals surface area contributed by atoms with E-state index in [0.29, 0.717) is 0 Å². The molecule has 1 aliphatic rings. The standard InChI is InChI=1S/C23H26N2O3S/c1-16-6-8-17(9-7-16)24-23-25(14-19-5-4-12-28-19)21(15-29-23)20-11-10-18(26-2)13-22(20)27-3/h6-11,13,15,19H,4-5,12,14H2,1-3H3. The van der Waals surface area contributed by atoms with E-state index < -0.39 is 0 Å². The number of hydrogen-bond acceptors (Lipinski definition) is 5. The van der Waals surface area contributed by atoms with Crippen LogP contribution in [0.1, 0.15) is 18.4 Å². The van der Waals surface area contributed by atoms with Gasteiger partial charge < -0.3 is 18.8 Å². The van der Waals surface area contributed by atoms with Crippen molar-refractivity contribution in [3.63, 3.8) is 0 Å². The van der Waals surface area contributed by atoms with Crippen LogP contribution in [0, 0.1) is 6.92 Å². The van der Waals surface area contributed by atoms with Crippen LogP contribution in [-0.4, -0.2) is 31.5 Å². The van der Waals surface area contributed by atoms with Crippen LogP contribution >= 0.6 is 11.3 Å². The SMILES string of the molecule is COc1ccc(-c2csc(=Nc3ccc(C)cc3)n2CC2CCCO2)c(OC)c1. The molecule has 1 unspecified atom stereocenters. The fraction of sp³-hybridized carbons (Fsp3) is 0.348. The minimum absolute atomic E-state index is 0.213. The Bertz CT molecular complexity index is 1030. The van der Waals surface area contributed by atoms with E-state index in [0.717, 1.165) is 59.2 Å². The average Bonchev–Trinajstić information content (AvgIpc) is 3.40. The van der Waals surface area contributed by atoms with Gasteiger partial charge in [-0.25, -0.2) is 4.99 Å². The van der Waals surface area contributed by atoms with Gasteiger partial charge in [-0.3, -0.25) is 0 Å². The Hall–Kier alpha value is -2.57. The summed E-state index contributed by atoms with van der Waals surface area (Å²) in [6.45, 7) is 3.69. The molecule has 6 heteroatoms. The van der Waals surface area contributed by atoms with Crippen molar-refractivity contribution in [2.24, 2.45) is 4.99 Å². The first-order valence-electron chi connectivity index (χ1n) is 9.81. The third-order valence-electron chi connectivity index (χ3n) is 5.15. The predicted octanol–water partition coefficient (Wildman–Crippen LogP) is 4.95. The summed E-state index contributed by atoms with van der Waals surface area (Å²) in [5.41, 5.74) is 4.28. The second-order valence-electron chi connectivity index (χ2n) is 7.16. The lowest BCUT2D eigenvalue weighted by Crippen LogP contribution is -2.24. The lowest BCUT2D eigenvalue weighted by Gasteiger charge is -2.16. The smallest absolute Gasteiger partial charge is 0.190 e. The zero-order valence-electron chi connectivity index (χ0n) is 17.1. The van der Waals surface area contributed by atoms with E-state index in [9.17, 15) is 0 Å². The fourth-order valence-corrected chi connectivity index (χ4v) is 4.47. The molecule has 0 aliphatic carbocycles. The summed E-state index contributed by atoms with van der Waals surface area (Å²) < 4.78 is 19.2. The first-order valence-corrected chi connectivity index (χ1v) is 10.7. The van der Waals surface area contributed by atoms with E-state index in [-0.39, 0.29) is 6.10 Å². The molecule has 1 atom stereocenters. The van der Waals surface area contributed by atoms with Crippen LogP contribution < -0.4 is 14.3 Å². The molecule has 2 heterocycles. The van der Waals surface area contributed by atoms with Crippen LogP contribution in [0.5, 0.6) is 11.5 Å². The zero-order valence-corrected chi connectivity index (χ0v) is 17.9. The first kappa shape index (κ1) is 19.7. The van der Waals surface area contributed by atoms with Gasteiger partial charge in [-0.2, -0.15) is 0 Å². The predicted molar refractivity (Wildman–Crippen MR) is 116 cm³/mol. The minimum atomic E-state index is 0.213. The molecule has 1 fully saturated rings. The van der Waals surface area contributed by atoms with Gasteiger partial charge in [-0.05, 0) is 44.0 Å². The van der Waals surface area contributed by atoms with Crippen molar-refractivity contribution < 1.29 is 14.2 Å². The molecule has 0 saturated carbocycles. The quantitative estimate of drug-likeness (QED) is 0.577. The Morgan fingerprint density at radius 2 is 1.97 bits per heavy atom. The molecule has 152 valence electrons. The summed E-state index contributed by atoms with van der Waals surface area (Å²) in [5.74, 6) is 1.56. The van der Waals surface area contributed by atoms with Gasteiger partial charge in [-0.1, -0.05) is 17.7 Å². The van der Waals surface area contributed by atoms with E-state index in [2.05, 4.69) is 41.1 Å². The summed E-state index contributed by atoms with van der Waals surface area (Å²) in [5, 5.41) is 2.15. The van der Waals surface area contributed by atoms with E-state index in [1.165, 1.54) is 5.56 Å². The molecular weight excluding hydrogens is 384 g/mol. The molecule has 5 nitrogen and oxygen atoms in total. The summed E-state index contributed by atoms with van der Waals surface area (Å²) in [4.78, 5) is 5.88. The Morgan fingerprint density at radius 3 is 2.66 bits per heavy atom. The third kappa shape index (κ3) is 4.38. The van der Waals surface area contributed by atoms with Gasteiger partial charge in [0.15, 0.2) is 4.80 Å². The molecule has 0 spiro atoms. The Balaban J connectivity index is 1.81. The average molecular weight is 411 g/mol. The second-order valence-corrected chi connectivity index (χ2v) is 8.00. The zero-order chi connectivity index (χ0) is 20.2. The lowest BCUT2D eigenvalue weighted by molar-refractivity contribution is 0.0968. The summed E-state index contributed by atoms with van der Waals surface area (Å²) >= 11 is 1.64. The van der Waals surface area contributed by atoms with Crippen molar-refractivity contribution in [3.8, 4) is 22.8 Å². The molecule has 0 N–H and O–H groups in total. The van der Waals surface area contributed by atoms with Crippen LogP contribution in [0.4, 0.5) is 5.69 Å². The number of nitrogens with zero attached hydrogens (tertiary/aromatic N) is 2. The lowest BCUT2D eigenvalue weighted by atomic mass is 10.1. The van der Waals surface area contributed by atoms with Gasteiger partial charge in [0.05, 0.1) is 38.2 Å². The molecular formula is C23H26N2O3S. The van der Waals surface area contributed by atoms with E-state index in [1.54, 1.807) is 25.6 Å². The van der Waals surface area contributed by atoms with Crippen molar-refractivity contribution in [1.82, 2.24) is 4.57 Å². The molecule has 0 amide bonds. The second kappa shape index (κ2) is 8.84. The Kier molecular flexibility index (Phi) is 6.02. The highest BCUT2D eigenvalue weighted by atomic mass is 32.1. The van der Waals surface area contributed by atoms with Crippen molar-refractivity contribution >= 4 is 17.0 Å². The van der Waals surface area contributed by atoms with Gasteiger partial charge in [0, 0.05) is 23.6 Å². The molecule has 2 aromatic carbocycles. The van der Waals surface area contributed by atoms with Gasteiger partial charge in [0.25, 0.3) is 0 Å². The van der Waals surface area contributed by atoms with Crippen LogP contribution in [0.25, 0.3) is 11.3 Å². The highest BCUT2D eigenvalue weighted by Crippen LogP contribution is 2.34. The maximum absolute atomic E-state index is 5.92. The molecule has 1 saturated heterocycles. The van der Waals surface area contributed by atoms with Gasteiger partial charge in [-0.15, -0.1) is 11.3 Å². The van der Waals surface area contributed by atoms with Crippen LogP contribution in [0.2, 0.25) is 0 Å². The molecule has 0 bridgehead atoms.